The van der Waals surface area contributed by atoms with Crippen molar-refractivity contribution in [3.63, 3.8) is 0 Å². The highest BCUT2D eigenvalue weighted by Gasteiger charge is 2.18. The number of benzene rings is 1. The maximum atomic E-state index is 11.4. The van der Waals surface area contributed by atoms with Crippen LogP contribution in [0.4, 0.5) is 11.5 Å². The highest BCUT2D eigenvalue weighted by atomic mass is 35.5. The van der Waals surface area contributed by atoms with Crippen LogP contribution in [-0.4, -0.2) is 27.6 Å². The smallest absolute Gasteiger partial charge is 0.358 e. The monoisotopic (exact) mass is 344 g/mol. The summed E-state index contributed by atoms with van der Waals surface area (Å²) in [6, 6.07) is 8.50. The number of carboxylic acid groups (broad SMARTS) is 1. The molecular weight excluding hydrogens is 332 g/mol. The normalized spacial score (nSPS) is 11.3. The van der Waals surface area contributed by atoms with Crippen molar-refractivity contribution in [1.82, 2.24) is 9.38 Å². The van der Waals surface area contributed by atoms with Gasteiger partial charge in [-0.25, -0.2) is 9.78 Å². The number of halogens is 1. The topological polar surface area (TPSA) is 88.5 Å². The van der Waals surface area contributed by atoms with Gasteiger partial charge < -0.3 is 9.84 Å². The summed E-state index contributed by atoms with van der Waals surface area (Å²) in [7, 11) is 1.53. The molecule has 24 heavy (non-hydrogen) atoms. The van der Waals surface area contributed by atoms with Gasteiger partial charge in [-0.05, 0) is 30.7 Å². The molecule has 1 aromatic carbocycles. The minimum Gasteiger partial charge on any atom is -0.497 e. The molecule has 0 aliphatic rings. The first-order valence-corrected chi connectivity index (χ1v) is 7.34. The maximum Gasteiger partial charge on any atom is 0.358 e. The van der Waals surface area contributed by atoms with Crippen LogP contribution in [0.3, 0.4) is 0 Å². The lowest BCUT2D eigenvalue weighted by Crippen LogP contribution is -1.96. The van der Waals surface area contributed by atoms with Gasteiger partial charge in [-0.1, -0.05) is 17.7 Å². The molecule has 3 aromatic rings. The first kappa shape index (κ1) is 15.9. The number of imidazole rings is 1. The summed E-state index contributed by atoms with van der Waals surface area (Å²) in [6.07, 6.45) is 1.75. The van der Waals surface area contributed by atoms with Crippen molar-refractivity contribution in [2.75, 3.05) is 7.11 Å². The molecule has 0 aliphatic carbocycles. The third-order valence-electron chi connectivity index (χ3n) is 3.35. The van der Waals surface area contributed by atoms with Crippen molar-refractivity contribution in [2.45, 2.75) is 6.92 Å². The van der Waals surface area contributed by atoms with Crippen molar-refractivity contribution < 1.29 is 14.6 Å². The molecule has 0 fully saturated rings. The van der Waals surface area contributed by atoms with Crippen LogP contribution in [-0.2, 0) is 0 Å². The number of aromatic nitrogens is 2. The van der Waals surface area contributed by atoms with Crippen molar-refractivity contribution in [1.29, 1.82) is 0 Å². The molecular formula is C16H13ClN4O3. The van der Waals surface area contributed by atoms with E-state index in [2.05, 4.69) is 15.2 Å². The van der Waals surface area contributed by atoms with Gasteiger partial charge in [0.2, 0.25) is 0 Å². The van der Waals surface area contributed by atoms with Crippen LogP contribution >= 0.6 is 11.6 Å². The molecule has 0 aliphatic heterocycles. The molecule has 2 heterocycles. The van der Waals surface area contributed by atoms with Crippen molar-refractivity contribution in [3.05, 3.63) is 52.8 Å². The predicted octanol–water partition coefficient (Wildman–Crippen LogP) is 4.42. The number of hydrogen-bond acceptors (Lipinski definition) is 5. The van der Waals surface area contributed by atoms with E-state index in [-0.39, 0.29) is 11.5 Å². The molecule has 0 unspecified atom stereocenters. The summed E-state index contributed by atoms with van der Waals surface area (Å²) in [6.45, 7) is 1.89. The van der Waals surface area contributed by atoms with E-state index in [1.165, 1.54) is 7.11 Å². The van der Waals surface area contributed by atoms with Gasteiger partial charge in [-0.15, -0.1) is 10.2 Å². The van der Waals surface area contributed by atoms with Crippen LogP contribution < -0.4 is 4.74 Å². The quantitative estimate of drug-likeness (QED) is 0.709. The summed E-state index contributed by atoms with van der Waals surface area (Å²) in [4.78, 5) is 15.5. The number of fused-ring (bicyclic) bond motifs is 1. The third-order valence-corrected chi connectivity index (χ3v) is 3.67. The zero-order valence-corrected chi connectivity index (χ0v) is 13.7. The molecule has 3 rings (SSSR count). The number of ether oxygens (including phenoxy) is 1. The number of carboxylic acids is 1. The molecule has 2 aromatic heterocycles. The fourth-order valence-electron chi connectivity index (χ4n) is 2.17. The molecule has 0 amide bonds. The molecule has 122 valence electrons. The minimum atomic E-state index is -1.18. The number of methoxy groups -OCH3 is 1. The Morgan fingerprint density at radius 2 is 2.08 bits per heavy atom. The fraction of sp³-hybridized carbons (Fsp3) is 0.125. The highest BCUT2D eigenvalue weighted by molar-refractivity contribution is 6.33. The van der Waals surface area contributed by atoms with Crippen LogP contribution in [0.1, 0.15) is 16.1 Å². The summed E-state index contributed by atoms with van der Waals surface area (Å²) in [5.41, 5.74) is 1.61. The van der Waals surface area contributed by atoms with E-state index < -0.39 is 5.97 Å². The van der Waals surface area contributed by atoms with Crippen LogP contribution in [0.15, 0.2) is 46.8 Å². The van der Waals surface area contributed by atoms with Gasteiger partial charge in [0.1, 0.15) is 17.1 Å². The number of pyridine rings is 1. The van der Waals surface area contributed by atoms with E-state index in [1.807, 2.05) is 13.0 Å². The summed E-state index contributed by atoms with van der Waals surface area (Å²) in [5.74, 6) is -0.483. The lowest BCUT2D eigenvalue weighted by molar-refractivity contribution is 0.0692. The van der Waals surface area contributed by atoms with Crippen LogP contribution in [0.25, 0.3) is 5.65 Å². The number of hydrogen-bond donors (Lipinski definition) is 1. The molecule has 0 saturated carbocycles. The molecule has 0 spiro atoms. The summed E-state index contributed by atoms with van der Waals surface area (Å²) < 4.78 is 6.70. The zero-order valence-electron chi connectivity index (χ0n) is 12.9. The maximum absolute atomic E-state index is 11.4. The van der Waals surface area contributed by atoms with E-state index in [1.54, 1.807) is 34.9 Å². The number of carbonyl (C=O) groups is 1. The van der Waals surface area contributed by atoms with E-state index in [4.69, 9.17) is 16.3 Å². The van der Waals surface area contributed by atoms with E-state index in [0.29, 0.717) is 22.1 Å². The summed E-state index contributed by atoms with van der Waals surface area (Å²) in [5, 5.41) is 17.9. The molecule has 0 radical (unpaired) electrons. The van der Waals surface area contributed by atoms with Crippen molar-refractivity contribution in [2.24, 2.45) is 10.2 Å². The lowest BCUT2D eigenvalue weighted by Gasteiger charge is -2.02. The predicted molar refractivity (Wildman–Crippen MR) is 89.1 cm³/mol. The Labute approximate surface area is 142 Å². The van der Waals surface area contributed by atoms with Crippen molar-refractivity contribution in [3.8, 4) is 5.75 Å². The Bertz CT molecular complexity index is 965. The number of nitrogens with zero attached hydrogens (tertiary/aromatic N) is 4. The van der Waals surface area contributed by atoms with Gasteiger partial charge in [-0.2, -0.15) is 0 Å². The first-order valence-electron chi connectivity index (χ1n) is 6.97. The lowest BCUT2D eigenvalue weighted by atomic mass is 10.3. The second kappa shape index (κ2) is 6.29. The van der Waals surface area contributed by atoms with Gasteiger partial charge in [0.05, 0.1) is 12.1 Å². The largest absolute Gasteiger partial charge is 0.497 e. The minimum absolute atomic E-state index is 0.125. The Balaban J connectivity index is 2.13. The second-order valence-corrected chi connectivity index (χ2v) is 5.45. The summed E-state index contributed by atoms with van der Waals surface area (Å²) >= 11 is 6.09. The van der Waals surface area contributed by atoms with Crippen LogP contribution in [0.5, 0.6) is 5.75 Å². The van der Waals surface area contributed by atoms with Gasteiger partial charge in [0.15, 0.2) is 11.5 Å². The molecule has 8 heteroatoms. The zero-order chi connectivity index (χ0) is 17.3. The number of azo groups is 1. The third kappa shape index (κ3) is 2.93. The average molecular weight is 345 g/mol. The SMILES string of the molecule is COc1ccc(Cl)c(N=Nc2c(C(=O)O)nc3ccc(C)cn23)c1. The Hall–Kier alpha value is -2.93. The van der Waals surface area contributed by atoms with E-state index >= 15 is 0 Å². The number of rotatable bonds is 4. The van der Waals surface area contributed by atoms with E-state index in [9.17, 15) is 9.90 Å². The molecule has 0 atom stereocenters. The Morgan fingerprint density at radius 3 is 2.79 bits per heavy atom. The number of aryl methyl sites for hydroxylation is 1. The first-order chi connectivity index (χ1) is 11.5. The van der Waals surface area contributed by atoms with Gasteiger partial charge in [0, 0.05) is 12.3 Å². The molecule has 0 bridgehead atoms. The standard InChI is InChI=1S/C16H13ClN4O3/c1-9-3-6-13-18-14(16(22)23)15(21(13)8-9)20-19-12-7-10(24-2)4-5-11(12)17/h3-8H,1-2H3,(H,22,23). The van der Waals surface area contributed by atoms with Crippen LogP contribution in [0, 0.1) is 6.92 Å². The van der Waals surface area contributed by atoms with Gasteiger partial charge in [-0.3, -0.25) is 4.40 Å². The molecule has 1 N–H and O–H groups in total. The molecule has 7 nitrogen and oxygen atoms in total. The Kier molecular flexibility index (Phi) is 4.18. The number of aromatic carboxylic acids is 1. The Morgan fingerprint density at radius 1 is 1.29 bits per heavy atom. The van der Waals surface area contributed by atoms with Crippen LogP contribution in [0.2, 0.25) is 5.02 Å². The van der Waals surface area contributed by atoms with E-state index in [0.717, 1.165) is 5.56 Å². The average Bonchev–Trinajstić information content (AvgIpc) is 2.92. The highest BCUT2D eigenvalue weighted by Crippen LogP contribution is 2.31. The van der Waals surface area contributed by atoms with Crippen molar-refractivity contribution >= 4 is 34.7 Å². The molecule has 0 saturated heterocycles. The van der Waals surface area contributed by atoms with Gasteiger partial charge in [0.25, 0.3) is 0 Å². The second-order valence-electron chi connectivity index (χ2n) is 5.04. The fourth-order valence-corrected chi connectivity index (χ4v) is 2.33. The van der Waals surface area contributed by atoms with Gasteiger partial charge >= 0.3 is 5.97 Å².